The molecular weight excluding hydrogens is 334 g/mol. The lowest BCUT2D eigenvalue weighted by Crippen LogP contribution is -3.15. The van der Waals surface area contributed by atoms with Gasteiger partial charge in [-0.1, -0.05) is 12.1 Å². The number of piperazine rings is 1. The van der Waals surface area contributed by atoms with Crippen molar-refractivity contribution >= 4 is 23.5 Å². The zero-order chi connectivity index (χ0) is 18.4. The topological polar surface area (TPSA) is 88.9 Å². The van der Waals surface area contributed by atoms with Crippen LogP contribution in [0.4, 0.5) is 11.6 Å². The second kappa shape index (κ2) is 8.39. The molecule has 26 heavy (non-hydrogen) atoms. The Morgan fingerprint density at radius 3 is 2.54 bits per heavy atom. The summed E-state index contributed by atoms with van der Waals surface area (Å²) in [6.07, 6.45) is 3.46. The molecule has 1 fully saturated rings. The van der Waals surface area contributed by atoms with Gasteiger partial charge in [0.25, 0.3) is 5.91 Å². The van der Waals surface area contributed by atoms with Gasteiger partial charge in [0.2, 0.25) is 5.95 Å². The van der Waals surface area contributed by atoms with Gasteiger partial charge in [0.1, 0.15) is 0 Å². The zero-order valence-corrected chi connectivity index (χ0v) is 14.6. The minimum absolute atomic E-state index is 0.124. The van der Waals surface area contributed by atoms with Gasteiger partial charge in [-0.15, -0.1) is 0 Å². The predicted molar refractivity (Wildman–Crippen MR) is 96.2 cm³/mol. The number of esters is 1. The third-order valence-electron chi connectivity index (χ3n) is 4.32. The van der Waals surface area contributed by atoms with Crippen LogP contribution < -0.4 is 15.1 Å². The maximum atomic E-state index is 12.4. The van der Waals surface area contributed by atoms with Crippen LogP contribution in [0.2, 0.25) is 0 Å². The normalized spacial score (nSPS) is 14.7. The second-order valence-corrected chi connectivity index (χ2v) is 6.05. The minimum atomic E-state index is -0.468. The average Bonchev–Trinajstić information content (AvgIpc) is 2.69. The Balaban J connectivity index is 1.53. The number of benzene rings is 1. The Morgan fingerprint density at radius 1 is 1.15 bits per heavy atom. The van der Waals surface area contributed by atoms with E-state index in [2.05, 4.69) is 20.2 Å². The number of nitrogens with zero attached hydrogens (tertiary/aromatic N) is 3. The van der Waals surface area contributed by atoms with Crippen molar-refractivity contribution < 1.29 is 19.2 Å². The third kappa shape index (κ3) is 4.34. The highest BCUT2D eigenvalue weighted by Gasteiger charge is 2.24. The molecule has 0 aliphatic carbocycles. The molecule has 136 valence electrons. The van der Waals surface area contributed by atoms with Crippen LogP contribution in [0, 0.1) is 0 Å². The quantitative estimate of drug-likeness (QED) is 0.709. The lowest BCUT2D eigenvalue weighted by molar-refractivity contribution is -0.892. The minimum Gasteiger partial charge on any atom is -0.465 e. The van der Waals surface area contributed by atoms with Crippen LogP contribution in [0.1, 0.15) is 10.4 Å². The first kappa shape index (κ1) is 17.8. The van der Waals surface area contributed by atoms with Crippen molar-refractivity contribution in [2.24, 2.45) is 0 Å². The van der Waals surface area contributed by atoms with Crippen LogP contribution in [0.15, 0.2) is 42.7 Å². The van der Waals surface area contributed by atoms with Gasteiger partial charge >= 0.3 is 5.97 Å². The molecule has 2 N–H and O–H groups in total. The zero-order valence-electron chi connectivity index (χ0n) is 14.6. The van der Waals surface area contributed by atoms with E-state index in [1.807, 2.05) is 0 Å². The van der Waals surface area contributed by atoms with E-state index in [0.29, 0.717) is 17.8 Å². The summed E-state index contributed by atoms with van der Waals surface area (Å²) >= 11 is 0. The number of hydrogen-bond acceptors (Lipinski definition) is 6. The molecule has 3 rings (SSSR count). The van der Waals surface area contributed by atoms with E-state index >= 15 is 0 Å². The molecule has 1 aliphatic rings. The van der Waals surface area contributed by atoms with Crippen LogP contribution in [0.3, 0.4) is 0 Å². The van der Waals surface area contributed by atoms with E-state index in [1.165, 1.54) is 12.0 Å². The monoisotopic (exact) mass is 356 g/mol. The lowest BCUT2D eigenvalue weighted by Gasteiger charge is -2.31. The SMILES string of the molecule is COC(=O)c1ccccc1NC(=O)C[NH+]1CCN(c2ncccn2)CC1. The first-order valence-corrected chi connectivity index (χ1v) is 8.50. The molecule has 0 spiro atoms. The van der Waals surface area contributed by atoms with Gasteiger partial charge in [-0.05, 0) is 18.2 Å². The largest absolute Gasteiger partial charge is 0.465 e. The number of hydrogen-bond donors (Lipinski definition) is 2. The Kier molecular flexibility index (Phi) is 5.75. The summed E-state index contributed by atoms with van der Waals surface area (Å²) in [6.45, 7) is 3.59. The van der Waals surface area contributed by atoms with Crippen molar-refractivity contribution in [2.45, 2.75) is 0 Å². The van der Waals surface area contributed by atoms with Crippen molar-refractivity contribution in [3.05, 3.63) is 48.3 Å². The standard InChI is InChI=1S/C18H21N5O3/c1-26-17(25)14-5-2-3-6-15(14)21-16(24)13-22-9-11-23(12-10-22)18-19-7-4-8-20-18/h2-8H,9-13H2,1H3,(H,21,24)/p+1. The molecule has 1 amide bonds. The van der Waals surface area contributed by atoms with Crippen molar-refractivity contribution in [1.82, 2.24) is 9.97 Å². The molecule has 0 atom stereocenters. The molecule has 8 heteroatoms. The fourth-order valence-corrected chi connectivity index (χ4v) is 2.96. The van der Waals surface area contributed by atoms with E-state index in [9.17, 15) is 9.59 Å². The van der Waals surface area contributed by atoms with Crippen LogP contribution in [0.5, 0.6) is 0 Å². The number of quaternary nitrogens is 1. The highest BCUT2D eigenvalue weighted by atomic mass is 16.5. The number of carbonyl (C=O) groups excluding carboxylic acids is 2. The number of methoxy groups -OCH3 is 1. The van der Waals surface area contributed by atoms with Crippen molar-refractivity contribution in [2.75, 3.05) is 50.1 Å². The van der Waals surface area contributed by atoms with Gasteiger partial charge in [0, 0.05) is 12.4 Å². The maximum absolute atomic E-state index is 12.4. The van der Waals surface area contributed by atoms with Crippen LogP contribution in [0.25, 0.3) is 0 Å². The highest BCUT2D eigenvalue weighted by molar-refractivity contribution is 6.01. The molecule has 2 heterocycles. The van der Waals surface area contributed by atoms with Gasteiger partial charge in [0.15, 0.2) is 6.54 Å². The number of nitrogens with one attached hydrogen (secondary N) is 2. The molecule has 1 aromatic carbocycles. The van der Waals surface area contributed by atoms with Crippen LogP contribution in [-0.4, -0.2) is 61.7 Å². The number of carbonyl (C=O) groups is 2. The summed E-state index contributed by atoms with van der Waals surface area (Å²) in [6, 6.07) is 8.63. The van der Waals surface area contributed by atoms with Crippen molar-refractivity contribution in [1.29, 1.82) is 0 Å². The fourth-order valence-electron chi connectivity index (χ4n) is 2.96. The lowest BCUT2D eigenvalue weighted by atomic mass is 10.2. The van der Waals surface area contributed by atoms with Gasteiger partial charge in [0.05, 0.1) is 44.5 Å². The molecule has 0 unspecified atom stereocenters. The summed E-state index contributed by atoms with van der Waals surface area (Å²) in [5.74, 6) is 0.133. The van der Waals surface area contributed by atoms with Gasteiger partial charge in [-0.2, -0.15) is 0 Å². The Morgan fingerprint density at radius 2 is 1.85 bits per heavy atom. The molecule has 0 saturated carbocycles. The third-order valence-corrected chi connectivity index (χ3v) is 4.32. The number of rotatable bonds is 5. The number of ether oxygens (including phenoxy) is 1. The molecular formula is C18H22N5O3+. The van der Waals surface area contributed by atoms with Crippen LogP contribution in [-0.2, 0) is 9.53 Å². The van der Waals surface area contributed by atoms with E-state index in [1.54, 1.807) is 42.7 Å². The smallest absolute Gasteiger partial charge is 0.339 e. The number of anilines is 2. The maximum Gasteiger partial charge on any atom is 0.339 e. The van der Waals surface area contributed by atoms with E-state index < -0.39 is 5.97 Å². The van der Waals surface area contributed by atoms with Crippen LogP contribution >= 0.6 is 0 Å². The number of para-hydroxylation sites is 1. The van der Waals surface area contributed by atoms with Gasteiger partial charge in [-0.25, -0.2) is 14.8 Å². The first-order valence-electron chi connectivity index (χ1n) is 8.50. The molecule has 8 nitrogen and oxygen atoms in total. The number of aromatic nitrogens is 2. The van der Waals surface area contributed by atoms with Crippen molar-refractivity contribution in [3.8, 4) is 0 Å². The number of amides is 1. The van der Waals surface area contributed by atoms with E-state index in [0.717, 1.165) is 32.1 Å². The van der Waals surface area contributed by atoms with E-state index in [-0.39, 0.29) is 5.91 Å². The summed E-state index contributed by atoms with van der Waals surface area (Å²) in [7, 11) is 1.32. The summed E-state index contributed by atoms with van der Waals surface area (Å²) in [4.78, 5) is 36.0. The van der Waals surface area contributed by atoms with Gasteiger partial charge < -0.3 is 19.9 Å². The Hall–Kier alpha value is -3.00. The molecule has 0 radical (unpaired) electrons. The molecule has 1 saturated heterocycles. The molecule has 1 aromatic heterocycles. The fraction of sp³-hybridized carbons (Fsp3) is 0.333. The first-order chi connectivity index (χ1) is 12.7. The van der Waals surface area contributed by atoms with E-state index in [4.69, 9.17) is 4.74 Å². The molecule has 2 aromatic rings. The Bertz CT molecular complexity index is 760. The Labute approximate surface area is 151 Å². The van der Waals surface area contributed by atoms with Crippen molar-refractivity contribution in [3.63, 3.8) is 0 Å². The summed E-state index contributed by atoms with van der Waals surface area (Å²) in [5, 5.41) is 2.82. The highest BCUT2D eigenvalue weighted by Crippen LogP contribution is 2.15. The average molecular weight is 356 g/mol. The summed E-state index contributed by atoms with van der Waals surface area (Å²) < 4.78 is 4.75. The molecule has 1 aliphatic heterocycles. The second-order valence-electron chi connectivity index (χ2n) is 6.05. The molecule has 0 bridgehead atoms. The van der Waals surface area contributed by atoms with Gasteiger partial charge in [-0.3, -0.25) is 4.79 Å². The predicted octanol–water partition coefficient (Wildman–Crippen LogP) is -0.393. The summed E-state index contributed by atoms with van der Waals surface area (Å²) in [5.41, 5.74) is 0.824.